The summed E-state index contributed by atoms with van der Waals surface area (Å²) in [5, 5.41) is 12.1. The van der Waals surface area contributed by atoms with Crippen molar-refractivity contribution in [1.29, 1.82) is 0 Å². The Bertz CT molecular complexity index is 698. The third kappa shape index (κ3) is 4.97. The molecule has 0 spiro atoms. The predicted molar refractivity (Wildman–Crippen MR) is 102 cm³/mol. The van der Waals surface area contributed by atoms with Gasteiger partial charge in [-0.15, -0.1) is 0 Å². The van der Waals surface area contributed by atoms with Crippen LogP contribution in [0.5, 0.6) is 11.5 Å². The Kier molecular flexibility index (Phi) is 6.34. The fourth-order valence-corrected chi connectivity index (χ4v) is 3.93. The number of hydrogen-bond acceptors (Lipinski definition) is 2. The summed E-state index contributed by atoms with van der Waals surface area (Å²) in [5.41, 5.74) is 3.90. The number of phenolic OH excluding ortho intramolecular Hbond substituents is 1. The minimum absolute atomic E-state index is 0.155. The number of nitrogens with two attached hydrogens (primary N) is 1. The molecular weight excluding hydrogens is 380 g/mol. The second-order valence-corrected chi connectivity index (χ2v) is 7.63. The molecule has 134 valence electrons. The summed E-state index contributed by atoms with van der Waals surface area (Å²) in [7, 11) is 1.57. The van der Waals surface area contributed by atoms with Crippen LogP contribution in [0.2, 0.25) is 0 Å². The number of halogens is 1. The molecule has 1 aliphatic heterocycles. The van der Waals surface area contributed by atoms with Gasteiger partial charge in [0.25, 0.3) is 0 Å². The lowest BCUT2D eigenvalue weighted by molar-refractivity contribution is -0.901. The van der Waals surface area contributed by atoms with Crippen LogP contribution in [0.1, 0.15) is 29.5 Å². The summed E-state index contributed by atoms with van der Waals surface area (Å²) in [5.74, 6) is 0.661. The van der Waals surface area contributed by atoms with Crippen LogP contribution in [0.25, 0.3) is 0 Å². The van der Waals surface area contributed by atoms with Crippen LogP contribution in [0.3, 0.4) is 0 Å². The average Bonchev–Trinajstić information content (AvgIpc) is 3.12. The van der Waals surface area contributed by atoms with Gasteiger partial charge in [-0.25, -0.2) is 0 Å². The molecule has 25 heavy (non-hydrogen) atoms. The summed E-state index contributed by atoms with van der Waals surface area (Å²) in [4.78, 5) is 1.71. The molecule has 2 aromatic carbocycles. The summed E-state index contributed by atoms with van der Waals surface area (Å²) >= 11 is 3.37. The second-order valence-electron chi connectivity index (χ2n) is 6.78. The Morgan fingerprint density at radius 3 is 2.36 bits per heavy atom. The molecule has 0 aliphatic carbocycles. The normalized spacial score (nSPS) is 14.8. The van der Waals surface area contributed by atoms with E-state index in [2.05, 4.69) is 45.5 Å². The van der Waals surface area contributed by atoms with Crippen molar-refractivity contribution in [2.45, 2.75) is 32.5 Å². The van der Waals surface area contributed by atoms with Gasteiger partial charge in [0.1, 0.15) is 19.6 Å². The van der Waals surface area contributed by atoms with Crippen molar-refractivity contribution >= 4 is 15.9 Å². The highest BCUT2D eigenvalue weighted by Gasteiger charge is 2.15. The van der Waals surface area contributed by atoms with Gasteiger partial charge in [-0.2, -0.15) is 0 Å². The largest absolute Gasteiger partial charge is 0.503 e. The molecule has 4 nitrogen and oxygen atoms in total. The first kappa shape index (κ1) is 18.2. The maximum atomic E-state index is 9.87. The number of methoxy groups -OCH3 is 1. The Morgan fingerprint density at radius 1 is 1.04 bits per heavy atom. The highest BCUT2D eigenvalue weighted by molar-refractivity contribution is 9.10. The van der Waals surface area contributed by atoms with Crippen molar-refractivity contribution < 1.29 is 20.1 Å². The van der Waals surface area contributed by atoms with Crippen LogP contribution in [0, 0.1) is 0 Å². The molecule has 0 unspecified atom stereocenters. The number of rotatable bonds is 7. The van der Waals surface area contributed by atoms with Gasteiger partial charge in [0.05, 0.1) is 24.7 Å². The summed E-state index contributed by atoms with van der Waals surface area (Å²) < 4.78 is 5.87. The van der Waals surface area contributed by atoms with E-state index in [0.29, 0.717) is 10.2 Å². The fourth-order valence-electron chi connectivity index (χ4n) is 3.44. The SMILES string of the molecule is COc1cc(C[NH2+]Cc2ccc(C[NH+]3CCCC3)cc2)cc(Br)c1O. The molecule has 3 rings (SSSR count). The Morgan fingerprint density at radius 2 is 1.68 bits per heavy atom. The van der Waals surface area contributed by atoms with Crippen molar-refractivity contribution in [2.75, 3.05) is 20.2 Å². The van der Waals surface area contributed by atoms with Crippen LogP contribution in [-0.4, -0.2) is 25.3 Å². The van der Waals surface area contributed by atoms with Gasteiger partial charge in [0, 0.05) is 29.5 Å². The van der Waals surface area contributed by atoms with E-state index in [1.54, 1.807) is 12.0 Å². The molecule has 4 N–H and O–H groups in total. The number of quaternary nitrogens is 2. The molecule has 0 atom stereocenters. The minimum atomic E-state index is 0.155. The molecule has 2 aromatic rings. The molecule has 0 bridgehead atoms. The summed E-state index contributed by atoms with van der Waals surface area (Å²) in [6.07, 6.45) is 2.75. The van der Waals surface area contributed by atoms with Crippen molar-refractivity contribution in [3.05, 3.63) is 57.6 Å². The van der Waals surface area contributed by atoms with E-state index in [1.807, 2.05) is 12.1 Å². The van der Waals surface area contributed by atoms with Crippen molar-refractivity contribution in [3.8, 4) is 11.5 Å². The van der Waals surface area contributed by atoms with E-state index in [-0.39, 0.29) is 5.75 Å². The molecule has 1 fully saturated rings. The van der Waals surface area contributed by atoms with E-state index >= 15 is 0 Å². The predicted octanol–water partition coefficient (Wildman–Crippen LogP) is 1.61. The highest BCUT2D eigenvalue weighted by atomic mass is 79.9. The maximum Gasteiger partial charge on any atom is 0.172 e. The Balaban J connectivity index is 1.51. The molecule has 1 heterocycles. The first-order valence-corrected chi connectivity index (χ1v) is 9.73. The highest BCUT2D eigenvalue weighted by Crippen LogP contribution is 2.34. The van der Waals surface area contributed by atoms with Gasteiger partial charge < -0.3 is 20.1 Å². The minimum Gasteiger partial charge on any atom is -0.503 e. The third-order valence-corrected chi connectivity index (χ3v) is 5.46. The van der Waals surface area contributed by atoms with Gasteiger partial charge in [0.2, 0.25) is 0 Å². The number of hydrogen-bond donors (Lipinski definition) is 3. The maximum absolute atomic E-state index is 9.87. The molecule has 5 heteroatoms. The lowest BCUT2D eigenvalue weighted by Crippen LogP contribution is -3.08. The van der Waals surface area contributed by atoms with Crippen LogP contribution in [0.15, 0.2) is 40.9 Å². The van der Waals surface area contributed by atoms with Crippen molar-refractivity contribution in [1.82, 2.24) is 0 Å². The topological polar surface area (TPSA) is 50.5 Å². The third-order valence-electron chi connectivity index (χ3n) is 4.86. The molecule has 1 saturated heterocycles. The lowest BCUT2D eigenvalue weighted by Gasteiger charge is -2.12. The number of benzene rings is 2. The number of aromatic hydroxyl groups is 1. The zero-order chi connectivity index (χ0) is 17.6. The standard InChI is InChI=1S/C20H25BrN2O2/c1-25-19-11-17(10-18(21)20(19)24)13-22-12-15-4-6-16(7-5-15)14-23-8-2-3-9-23/h4-7,10-11,22,24H,2-3,8-9,12-14H2,1H3/p+2. The smallest absolute Gasteiger partial charge is 0.172 e. The van der Waals surface area contributed by atoms with Gasteiger partial charge in [-0.1, -0.05) is 24.3 Å². The number of nitrogens with one attached hydrogen (secondary N) is 1. The summed E-state index contributed by atoms with van der Waals surface area (Å²) in [6.45, 7) is 5.58. The van der Waals surface area contributed by atoms with Crippen LogP contribution >= 0.6 is 15.9 Å². The molecule has 1 aliphatic rings. The number of phenols is 1. The first-order chi connectivity index (χ1) is 12.2. The van der Waals surface area contributed by atoms with E-state index in [1.165, 1.54) is 37.1 Å². The van der Waals surface area contributed by atoms with Crippen molar-refractivity contribution in [2.24, 2.45) is 0 Å². The second kappa shape index (κ2) is 8.70. The summed E-state index contributed by atoms with van der Waals surface area (Å²) in [6, 6.07) is 12.9. The van der Waals surface area contributed by atoms with Crippen LogP contribution in [0.4, 0.5) is 0 Å². The number of likely N-dealkylation sites (tertiary alicyclic amines) is 1. The van der Waals surface area contributed by atoms with Gasteiger partial charge in [0.15, 0.2) is 11.5 Å². The quantitative estimate of drug-likeness (QED) is 0.653. The fraction of sp³-hybridized carbons (Fsp3) is 0.400. The van der Waals surface area contributed by atoms with Gasteiger partial charge in [-0.3, -0.25) is 0 Å². The van der Waals surface area contributed by atoms with Gasteiger partial charge in [-0.05, 0) is 28.1 Å². The average molecular weight is 407 g/mol. The zero-order valence-electron chi connectivity index (χ0n) is 14.7. The van der Waals surface area contributed by atoms with Crippen LogP contribution in [-0.2, 0) is 19.6 Å². The van der Waals surface area contributed by atoms with Crippen LogP contribution < -0.4 is 15.0 Å². The molecule has 0 radical (unpaired) electrons. The monoisotopic (exact) mass is 406 g/mol. The molecule has 0 saturated carbocycles. The number of ether oxygens (including phenoxy) is 1. The molecular formula is C20H27BrN2O2+2. The lowest BCUT2D eigenvalue weighted by atomic mass is 10.1. The van der Waals surface area contributed by atoms with E-state index < -0.39 is 0 Å². The Hall–Kier alpha value is -1.56. The van der Waals surface area contributed by atoms with E-state index in [9.17, 15) is 5.11 Å². The van der Waals surface area contributed by atoms with E-state index in [0.717, 1.165) is 25.2 Å². The van der Waals surface area contributed by atoms with Gasteiger partial charge >= 0.3 is 0 Å². The Labute approximate surface area is 157 Å². The van der Waals surface area contributed by atoms with Crippen molar-refractivity contribution in [3.63, 3.8) is 0 Å². The van der Waals surface area contributed by atoms with E-state index in [4.69, 9.17) is 4.74 Å². The first-order valence-electron chi connectivity index (χ1n) is 8.94. The molecule has 0 amide bonds. The zero-order valence-corrected chi connectivity index (χ0v) is 16.3. The molecule has 0 aromatic heterocycles.